The van der Waals surface area contributed by atoms with Gasteiger partial charge in [0.05, 0.1) is 13.2 Å². The van der Waals surface area contributed by atoms with Crippen LogP contribution < -0.4 is 0 Å². The Hall–Kier alpha value is -2.55. The predicted octanol–water partition coefficient (Wildman–Crippen LogP) is 14.4. The zero-order valence-electron chi connectivity index (χ0n) is 39.3. The molecular weight excluding hydrogens is 786 g/mol. The number of phosphoric acid groups is 1. The molecule has 0 aliphatic rings. The first-order chi connectivity index (χ1) is 29.7. The first-order valence-corrected chi connectivity index (χ1v) is 25.7. The Morgan fingerprint density at radius 1 is 0.525 bits per heavy atom. The van der Waals surface area contributed by atoms with Crippen molar-refractivity contribution in [2.24, 2.45) is 0 Å². The van der Waals surface area contributed by atoms with Gasteiger partial charge in [-0.3, -0.25) is 18.6 Å². The molecule has 0 saturated heterocycles. The Morgan fingerprint density at radius 3 is 1.36 bits per heavy atom. The Morgan fingerprint density at radius 2 is 0.934 bits per heavy atom. The molecule has 1 N–H and O–H groups in total. The van der Waals surface area contributed by atoms with E-state index in [1.165, 1.54) is 103 Å². The molecule has 0 fully saturated rings. The summed E-state index contributed by atoms with van der Waals surface area (Å²) in [6.07, 6.45) is 55.4. The van der Waals surface area contributed by atoms with E-state index in [2.05, 4.69) is 74.6 Å². The fourth-order valence-electron chi connectivity index (χ4n) is 6.36. The third-order valence-corrected chi connectivity index (χ3v) is 11.0. The fourth-order valence-corrected chi connectivity index (χ4v) is 7.10. The molecule has 0 bridgehead atoms. The summed E-state index contributed by atoms with van der Waals surface area (Å²) in [5.41, 5.74) is 0. The normalized spacial score (nSPS) is 13.9. The lowest BCUT2D eigenvalue weighted by Gasteiger charge is -2.20. The minimum Gasteiger partial charge on any atom is -0.462 e. The second kappa shape index (κ2) is 45.5. The van der Waals surface area contributed by atoms with Crippen molar-refractivity contribution in [3.05, 3.63) is 72.9 Å². The van der Waals surface area contributed by atoms with Crippen LogP contribution in [0.4, 0.5) is 0 Å². The lowest BCUT2D eigenvalue weighted by atomic mass is 10.0. The van der Waals surface area contributed by atoms with Gasteiger partial charge in [0.15, 0.2) is 6.10 Å². The lowest BCUT2D eigenvalue weighted by Crippen LogP contribution is -2.29. The fraction of sp³-hybridized carbons (Fsp3) is 0.725. The Balaban J connectivity index is 4.33. The van der Waals surface area contributed by atoms with E-state index in [0.717, 1.165) is 57.8 Å². The number of nitrogens with zero attached hydrogens (tertiary/aromatic N) is 1. The first kappa shape index (κ1) is 58.5. The highest BCUT2D eigenvalue weighted by molar-refractivity contribution is 7.47. The van der Waals surface area contributed by atoms with Crippen molar-refractivity contribution in [2.75, 3.05) is 40.5 Å². The predicted molar refractivity (Wildman–Crippen MR) is 257 cm³/mol. The molecule has 352 valence electrons. The number of ether oxygens (including phenoxy) is 2. The average molecular weight is 876 g/mol. The number of carbonyl (C=O) groups is 2. The molecule has 10 heteroatoms. The molecule has 0 aliphatic heterocycles. The molecule has 2 unspecified atom stereocenters. The van der Waals surface area contributed by atoms with Crippen LogP contribution in [0.25, 0.3) is 0 Å². The standard InChI is InChI=1S/C51H90NO8P/c1-5-7-9-11-13-15-17-19-21-23-25-27-29-31-33-35-37-39-41-43-50(53)57-47-49(48-59-61(55,56)58-46-45-52(3)4)60-51(54)44-42-40-38-36-34-32-30-28-26-24-22-20-18-16-14-12-10-8-6-2/h8,10,14,16,20,22,26,28,32,34,38,40,49H,5-7,9,11-13,15,17-19,21,23-25,27,29-31,33,35-37,39,41-48H2,1-4H3,(H,55,56)/b10-8-,16-14-,22-20-,28-26-,34-32-,40-38-. The molecule has 0 rings (SSSR count). The van der Waals surface area contributed by atoms with Crippen molar-refractivity contribution in [3.8, 4) is 0 Å². The van der Waals surface area contributed by atoms with Crippen molar-refractivity contribution < 1.29 is 37.6 Å². The van der Waals surface area contributed by atoms with E-state index in [1.807, 2.05) is 31.1 Å². The molecule has 0 aromatic carbocycles. The highest BCUT2D eigenvalue weighted by Gasteiger charge is 2.26. The van der Waals surface area contributed by atoms with Gasteiger partial charge in [0, 0.05) is 19.4 Å². The molecule has 61 heavy (non-hydrogen) atoms. The van der Waals surface area contributed by atoms with Crippen LogP contribution in [0.5, 0.6) is 0 Å². The maximum Gasteiger partial charge on any atom is 0.472 e. The lowest BCUT2D eigenvalue weighted by molar-refractivity contribution is -0.161. The van der Waals surface area contributed by atoms with E-state index in [9.17, 15) is 19.0 Å². The van der Waals surface area contributed by atoms with E-state index in [-0.39, 0.29) is 32.0 Å². The summed E-state index contributed by atoms with van der Waals surface area (Å²) < 4.78 is 33.5. The largest absolute Gasteiger partial charge is 0.472 e. The van der Waals surface area contributed by atoms with E-state index in [1.54, 1.807) is 0 Å². The van der Waals surface area contributed by atoms with Crippen LogP contribution in [0, 0.1) is 0 Å². The molecule has 9 nitrogen and oxygen atoms in total. The Kier molecular flexibility index (Phi) is 43.6. The molecular formula is C51H90NO8P. The summed E-state index contributed by atoms with van der Waals surface area (Å²) >= 11 is 0. The van der Waals surface area contributed by atoms with E-state index in [0.29, 0.717) is 13.0 Å². The van der Waals surface area contributed by atoms with Gasteiger partial charge in [-0.2, -0.15) is 0 Å². The summed E-state index contributed by atoms with van der Waals surface area (Å²) in [5, 5.41) is 0. The molecule has 0 aliphatic carbocycles. The van der Waals surface area contributed by atoms with Gasteiger partial charge in [-0.15, -0.1) is 0 Å². The third-order valence-electron chi connectivity index (χ3n) is 10.0. The Labute approximate surface area is 374 Å². The van der Waals surface area contributed by atoms with E-state index >= 15 is 0 Å². The maximum atomic E-state index is 12.7. The number of unbranched alkanes of at least 4 members (excludes halogenated alkanes) is 18. The van der Waals surface area contributed by atoms with Crippen LogP contribution in [-0.4, -0.2) is 68.3 Å². The van der Waals surface area contributed by atoms with Crippen LogP contribution in [0.15, 0.2) is 72.9 Å². The van der Waals surface area contributed by atoms with Crippen LogP contribution in [0.3, 0.4) is 0 Å². The molecule has 0 amide bonds. The van der Waals surface area contributed by atoms with Gasteiger partial charge in [0.25, 0.3) is 0 Å². The summed E-state index contributed by atoms with van der Waals surface area (Å²) in [6.45, 7) is 4.14. The molecule has 0 spiro atoms. The second-order valence-corrected chi connectivity index (χ2v) is 17.7. The van der Waals surface area contributed by atoms with Crippen LogP contribution in [0.2, 0.25) is 0 Å². The zero-order valence-corrected chi connectivity index (χ0v) is 40.2. The van der Waals surface area contributed by atoms with Gasteiger partial charge in [-0.1, -0.05) is 202 Å². The van der Waals surface area contributed by atoms with Gasteiger partial charge in [0.1, 0.15) is 6.61 Å². The molecule has 2 atom stereocenters. The van der Waals surface area contributed by atoms with Gasteiger partial charge in [-0.05, 0) is 65.5 Å². The van der Waals surface area contributed by atoms with Crippen LogP contribution in [-0.2, 0) is 32.7 Å². The summed E-state index contributed by atoms with van der Waals surface area (Å²) in [4.78, 5) is 37.1. The Bertz CT molecular complexity index is 1240. The molecule has 0 aromatic rings. The number of carbonyl (C=O) groups excluding carboxylic acids is 2. The second-order valence-electron chi connectivity index (χ2n) is 16.3. The number of likely N-dealkylation sites (N-methyl/N-ethyl adjacent to an activating group) is 1. The number of allylic oxidation sites excluding steroid dienone is 12. The van der Waals surface area contributed by atoms with Crippen molar-refractivity contribution in [2.45, 2.75) is 200 Å². The van der Waals surface area contributed by atoms with Crippen molar-refractivity contribution >= 4 is 19.8 Å². The number of hydrogen-bond donors (Lipinski definition) is 1. The summed E-state index contributed by atoms with van der Waals surface area (Å²) in [5.74, 6) is -0.898. The smallest absolute Gasteiger partial charge is 0.462 e. The van der Waals surface area contributed by atoms with Gasteiger partial charge >= 0.3 is 19.8 Å². The number of esters is 2. The van der Waals surface area contributed by atoms with Crippen LogP contribution >= 0.6 is 7.82 Å². The first-order valence-electron chi connectivity index (χ1n) is 24.2. The monoisotopic (exact) mass is 876 g/mol. The number of hydrogen-bond acceptors (Lipinski definition) is 8. The number of rotatable bonds is 44. The third kappa shape index (κ3) is 46.8. The van der Waals surface area contributed by atoms with Gasteiger partial charge in [0.2, 0.25) is 0 Å². The van der Waals surface area contributed by atoms with Crippen molar-refractivity contribution in [1.29, 1.82) is 0 Å². The summed E-state index contributed by atoms with van der Waals surface area (Å²) in [6, 6.07) is 0. The summed E-state index contributed by atoms with van der Waals surface area (Å²) in [7, 11) is -0.753. The van der Waals surface area contributed by atoms with Crippen LogP contribution in [0.1, 0.15) is 194 Å². The number of phosphoric ester groups is 1. The maximum absolute atomic E-state index is 12.7. The highest BCUT2D eigenvalue weighted by atomic mass is 31.2. The molecule has 0 radical (unpaired) electrons. The highest BCUT2D eigenvalue weighted by Crippen LogP contribution is 2.43. The van der Waals surface area contributed by atoms with Gasteiger partial charge < -0.3 is 19.3 Å². The topological polar surface area (TPSA) is 112 Å². The molecule has 0 aromatic heterocycles. The SMILES string of the molecule is CC/C=C\C/C=C\C/C=C\C/C=C\C/C=C\C/C=C\CCC(=O)OC(COC(=O)CCCCCCCCCCCCCCCCCCCCC)COP(=O)(O)OCCN(C)C. The average Bonchev–Trinajstić information content (AvgIpc) is 3.23. The quantitative estimate of drug-likeness (QED) is 0.0277. The minimum atomic E-state index is -4.39. The molecule has 0 heterocycles. The van der Waals surface area contributed by atoms with E-state index < -0.39 is 26.5 Å². The van der Waals surface area contributed by atoms with Crippen molar-refractivity contribution in [1.82, 2.24) is 4.90 Å². The zero-order chi connectivity index (χ0) is 44.8. The van der Waals surface area contributed by atoms with Crippen molar-refractivity contribution in [3.63, 3.8) is 0 Å². The molecule has 0 saturated carbocycles. The van der Waals surface area contributed by atoms with E-state index in [4.69, 9.17) is 18.5 Å². The minimum absolute atomic E-state index is 0.00832. The van der Waals surface area contributed by atoms with Gasteiger partial charge in [-0.25, -0.2) is 4.57 Å².